The average Bonchev–Trinajstić information content (AvgIpc) is 3.28. The second-order valence-electron chi connectivity index (χ2n) is 7.01. The summed E-state index contributed by atoms with van der Waals surface area (Å²) in [5, 5.41) is 8.38. The Kier molecular flexibility index (Phi) is 5.06. The Morgan fingerprint density at radius 2 is 1.97 bits per heavy atom. The van der Waals surface area contributed by atoms with Crippen LogP contribution in [0.4, 0.5) is 16.6 Å². The molecule has 2 amide bonds. The largest absolute Gasteiger partial charge is 0.344 e. The molecule has 1 aliphatic heterocycles. The van der Waals surface area contributed by atoms with Crippen molar-refractivity contribution in [3.63, 3.8) is 0 Å². The Labute approximate surface area is 173 Å². The molecule has 3 aromatic rings. The van der Waals surface area contributed by atoms with E-state index in [1.165, 1.54) is 0 Å². The molecule has 0 spiro atoms. The third kappa shape index (κ3) is 3.86. The van der Waals surface area contributed by atoms with Gasteiger partial charge >= 0.3 is 6.03 Å². The van der Waals surface area contributed by atoms with E-state index in [9.17, 15) is 4.79 Å². The normalized spacial score (nSPS) is 17.7. The molecule has 0 bridgehead atoms. The lowest BCUT2D eigenvalue weighted by Crippen LogP contribution is -2.33. The van der Waals surface area contributed by atoms with Crippen LogP contribution in [-0.4, -0.2) is 55.3 Å². The summed E-state index contributed by atoms with van der Waals surface area (Å²) >= 11 is 5.93. The van der Waals surface area contributed by atoms with Gasteiger partial charge in [-0.05, 0) is 44.2 Å². The zero-order chi connectivity index (χ0) is 20.5. The summed E-state index contributed by atoms with van der Waals surface area (Å²) in [6, 6.07) is 8.83. The molecule has 0 saturated carbocycles. The molecule has 150 valence electrons. The van der Waals surface area contributed by atoms with Crippen LogP contribution < -0.4 is 10.2 Å². The van der Waals surface area contributed by atoms with Crippen molar-refractivity contribution in [2.24, 2.45) is 0 Å². The number of benzene rings is 1. The Morgan fingerprint density at radius 1 is 1.21 bits per heavy atom. The number of nitrogens with one attached hydrogen (secondary N) is 1. The summed E-state index contributed by atoms with van der Waals surface area (Å²) in [5.41, 5.74) is 0.865. The number of amides is 2. The number of likely N-dealkylation sites (N-methyl/N-ethyl adjacent to an activating group) is 1. The quantitative estimate of drug-likeness (QED) is 0.692. The molecule has 1 saturated heterocycles. The van der Waals surface area contributed by atoms with Gasteiger partial charge in [0, 0.05) is 24.8 Å². The van der Waals surface area contributed by atoms with Gasteiger partial charge in [-0.2, -0.15) is 4.98 Å². The minimum absolute atomic E-state index is 0.0458. The second-order valence-corrected chi connectivity index (χ2v) is 7.45. The smallest absolute Gasteiger partial charge is 0.325 e. The fourth-order valence-corrected chi connectivity index (χ4v) is 3.38. The van der Waals surface area contributed by atoms with Crippen LogP contribution in [0, 0.1) is 0 Å². The second kappa shape index (κ2) is 7.67. The zero-order valence-electron chi connectivity index (χ0n) is 16.3. The highest BCUT2D eigenvalue weighted by Crippen LogP contribution is 2.23. The molecule has 1 fully saturated rings. The van der Waals surface area contributed by atoms with Crippen LogP contribution in [0.15, 0.2) is 42.9 Å². The molecule has 2 aromatic heterocycles. The number of aromatic nitrogens is 5. The van der Waals surface area contributed by atoms with E-state index in [-0.39, 0.29) is 18.1 Å². The van der Waals surface area contributed by atoms with Crippen molar-refractivity contribution < 1.29 is 4.79 Å². The summed E-state index contributed by atoms with van der Waals surface area (Å²) in [4.78, 5) is 28.9. The first-order chi connectivity index (χ1) is 13.9. The van der Waals surface area contributed by atoms with Crippen molar-refractivity contribution in [3.8, 4) is 5.69 Å². The monoisotopic (exact) mass is 412 g/mol. The van der Waals surface area contributed by atoms with E-state index >= 15 is 0 Å². The maximum atomic E-state index is 12.4. The molecule has 0 unspecified atom stereocenters. The number of nitrogens with zero attached hydrogens (tertiary/aromatic N) is 7. The van der Waals surface area contributed by atoms with Crippen LogP contribution in [0.3, 0.4) is 0 Å². The number of halogens is 1. The number of anilines is 2. The molecule has 0 radical (unpaired) electrons. The van der Waals surface area contributed by atoms with Crippen LogP contribution in [0.2, 0.25) is 5.02 Å². The number of carbonyl (C=O) groups excluding carboxylic acids is 1. The van der Waals surface area contributed by atoms with Crippen molar-refractivity contribution in [2.75, 3.05) is 23.8 Å². The van der Waals surface area contributed by atoms with Crippen molar-refractivity contribution in [3.05, 3.63) is 53.7 Å². The lowest BCUT2D eigenvalue weighted by atomic mass is 10.3. The average molecular weight is 413 g/mol. The Bertz CT molecular complexity index is 1020. The highest BCUT2D eigenvalue weighted by Gasteiger charge is 2.34. The van der Waals surface area contributed by atoms with Crippen molar-refractivity contribution >= 4 is 29.4 Å². The molecular weight excluding hydrogens is 392 g/mol. The van der Waals surface area contributed by atoms with E-state index in [1.54, 1.807) is 52.3 Å². The maximum absolute atomic E-state index is 12.4. The van der Waals surface area contributed by atoms with E-state index in [0.717, 1.165) is 5.69 Å². The standard InChI is InChI=1S/C19H21ClN8O/c1-12-10-26(3)19(29)28(12)16-8-9-21-18(24-16)23-13(2)17-22-11-27(25-17)15-6-4-14(20)5-7-15/h4-9,11-13H,10H2,1-3H3,(H,21,23,24)/t12-,13-/m0/s1. The van der Waals surface area contributed by atoms with Gasteiger partial charge in [0.25, 0.3) is 0 Å². The summed E-state index contributed by atoms with van der Waals surface area (Å²) < 4.78 is 1.68. The molecule has 1 aromatic carbocycles. The number of rotatable bonds is 5. The summed E-state index contributed by atoms with van der Waals surface area (Å²) in [5.74, 6) is 1.57. The molecule has 4 rings (SSSR count). The number of carbonyl (C=O) groups is 1. The highest BCUT2D eigenvalue weighted by atomic mass is 35.5. The molecule has 29 heavy (non-hydrogen) atoms. The number of hydrogen-bond acceptors (Lipinski definition) is 6. The van der Waals surface area contributed by atoms with Crippen LogP contribution in [-0.2, 0) is 0 Å². The minimum Gasteiger partial charge on any atom is -0.344 e. The third-order valence-corrected chi connectivity index (χ3v) is 4.98. The molecule has 10 heteroatoms. The summed E-state index contributed by atoms with van der Waals surface area (Å²) in [6.45, 7) is 4.58. The Morgan fingerprint density at radius 3 is 2.66 bits per heavy atom. The van der Waals surface area contributed by atoms with E-state index in [2.05, 4.69) is 25.4 Å². The van der Waals surface area contributed by atoms with E-state index in [0.29, 0.717) is 29.2 Å². The van der Waals surface area contributed by atoms with E-state index in [4.69, 9.17) is 11.6 Å². The zero-order valence-corrected chi connectivity index (χ0v) is 17.1. The molecule has 3 heterocycles. The van der Waals surface area contributed by atoms with Gasteiger partial charge < -0.3 is 10.2 Å². The summed E-state index contributed by atoms with van der Waals surface area (Å²) in [6.07, 6.45) is 3.28. The lowest BCUT2D eigenvalue weighted by Gasteiger charge is -2.20. The topological polar surface area (TPSA) is 92.1 Å². The van der Waals surface area contributed by atoms with Crippen molar-refractivity contribution in [1.29, 1.82) is 0 Å². The molecule has 1 N–H and O–H groups in total. The molecular formula is C19H21ClN8O. The maximum Gasteiger partial charge on any atom is 0.325 e. The fraction of sp³-hybridized carbons (Fsp3) is 0.316. The molecule has 1 aliphatic rings. The Hall–Kier alpha value is -3.20. The predicted molar refractivity (Wildman–Crippen MR) is 110 cm³/mol. The third-order valence-electron chi connectivity index (χ3n) is 4.73. The van der Waals surface area contributed by atoms with Gasteiger partial charge in [0.2, 0.25) is 5.95 Å². The fourth-order valence-electron chi connectivity index (χ4n) is 3.26. The van der Waals surface area contributed by atoms with Gasteiger partial charge in [-0.25, -0.2) is 19.4 Å². The predicted octanol–water partition coefficient (Wildman–Crippen LogP) is 3.14. The van der Waals surface area contributed by atoms with E-state index in [1.807, 2.05) is 26.0 Å². The molecule has 9 nitrogen and oxygen atoms in total. The van der Waals surface area contributed by atoms with Crippen molar-refractivity contribution in [1.82, 2.24) is 29.6 Å². The first-order valence-electron chi connectivity index (χ1n) is 9.24. The minimum atomic E-state index is -0.229. The first kappa shape index (κ1) is 19.1. The van der Waals surface area contributed by atoms with Gasteiger partial charge in [0.1, 0.15) is 12.1 Å². The summed E-state index contributed by atoms with van der Waals surface area (Å²) in [7, 11) is 1.78. The van der Waals surface area contributed by atoms with E-state index < -0.39 is 0 Å². The van der Waals surface area contributed by atoms with Crippen LogP contribution >= 0.6 is 11.6 Å². The molecule has 0 aliphatic carbocycles. The number of hydrogen-bond donors (Lipinski definition) is 1. The van der Waals surface area contributed by atoms with Gasteiger partial charge in [0.05, 0.1) is 17.8 Å². The van der Waals surface area contributed by atoms with Crippen LogP contribution in [0.1, 0.15) is 25.7 Å². The van der Waals surface area contributed by atoms with Gasteiger partial charge in [-0.1, -0.05) is 11.6 Å². The Balaban J connectivity index is 1.50. The van der Waals surface area contributed by atoms with Crippen LogP contribution in [0.5, 0.6) is 0 Å². The van der Waals surface area contributed by atoms with Crippen LogP contribution in [0.25, 0.3) is 5.69 Å². The highest BCUT2D eigenvalue weighted by molar-refractivity contribution is 6.30. The first-order valence-corrected chi connectivity index (χ1v) is 9.61. The van der Waals surface area contributed by atoms with Gasteiger partial charge in [-0.15, -0.1) is 5.10 Å². The number of urea groups is 1. The van der Waals surface area contributed by atoms with Gasteiger partial charge in [0.15, 0.2) is 5.82 Å². The lowest BCUT2D eigenvalue weighted by molar-refractivity contribution is 0.229. The molecule has 2 atom stereocenters. The SMILES string of the molecule is C[C@H](Nc1nccc(N2C(=O)N(C)C[C@@H]2C)n1)c1ncn(-c2ccc(Cl)cc2)n1. The van der Waals surface area contributed by atoms with Crippen molar-refractivity contribution in [2.45, 2.75) is 25.9 Å². The van der Waals surface area contributed by atoms with Gasteiger partial charge in [-0.3, -0.25) is 4.90 Å².